The number of hydrogen-bond donors (Lipinski definition) is 1. The molecule has 0 aliphatic rings. The molecule has 0 spiro atoms. The molecule has 0 bridgehead atoms. The van der Waals surface area contributed by atoms with Crippen LogP contribution in [-0.4, -0.2) is 32.7 Å². The van der Waals surface area contributed by atoms with E-state index in [1.807, 2.05) is 26.8 Å². The number of hydrogen-bond acceptors (Lipinski definition) is 4. The van der Waals surface area contributed by atoms with Crippen molar-refractivity contribution in [1.29, 1.82) is 0 Å². The minimum atomic E-state index is -3.54. The Kier molecular flexibility index (Phi) is 4.93. The van der Waals surface area contributed by atoms with Gasteiger partial charge in [0.05, 0.1) is 10.5 Å². The van der Waals surface area contributed by atoms with E-state index in [-0.39, 0.29) is 10.8 Å². The molecule has 1 N–H and O–H groups in total. The zero-order chi connectivity index (χ0) is 17.4. The molecule has 0 fully saturated rings. The summed E-state index contributed by atoms with van der Waals surface area (Å²) in [6.07, 6.45) is 0. The molecular formula is C16H20N2O3S2. The summed E-state index contributed by atoms with van der Waals surface area (Å²) in [7, 11) is -0.582. The predicted octanol–water partition coefficient (Wildman–Crippen LogP) is 3.18. The minimum absolute atomic E-state index is 0.154. The van der Waals surface area contributed by atoms with Gasteiger partial charge in [0.1, 0.15) is 0 Å². The van der Waals surface area contributed by atoms with Gasteiger partial charge < -0.3 is 5.32 Å². The third-order valence-electron chi connectivity index (χ3n) is 3.52. The molecule has 0 atom stereocenters. The number of benzene rings is 1. The van der Waals surface area contributed by atoms with Crippen LogP contribution in [-0.2, 0) is 10.0 Å². The van der Waals surface area contributed by atoms with Crippen molar-refractivity contribution in [3.8, 4) is 0 Å². The first-order chi connectivity index (χ1) is 10.6. The highest BCUT2D eigenvalue weighted by atomic mass is 32.2. The Labute approximate surface area is 141 Å². The first kappa shape index (κ1) is 17.7. The molecule has 0 radical (unpaired) electrons. The van der Waals surface area contributed by atoms with Crippen LogP contribution in [0.2, 0.25) is 0 Å². The number of aryl methyl sites for hydroxylation is 3. The standard InChI is InChI=1S/C16H20N2O3S2/c1-10-6-7-13(23(20,21)18(4)5)9-15(10)17-16(19)14-8-11(2)22-12(14)3/h6-9H,1-5H3,(H,17,19). The Hall–Kier alpha value is -1.70. The zero-order valence-corrected chi connectivity index (χ0v) is 15.4. The van der Waals surface area contributed by atoms with Gasteiger partial charge in [-0.3, -0.25) is 4.79 Å². The highest BCUT2D eigenvalue weighted by molar-refractivity contribution is 7.89. The summed E-state index contributed by atoms with van der Waals surface area (Å²) in [5.41, 5.74) is 1.93. The van der Waals surface area contributed by atoms with E-state index in [2.05, 4.69) is 5.32 Å². The van der Waals surface area contributed by atoms with Crippen molar-refractivity contribution in [2.45, 2.75) is 25.7 Å². The Morgan fingerprint density at radius 2 is 1.78 bits per heavy atom. The third-order valence-corrected chi connectivity index (χ3v) is 6.30. The molecule has 0 aliphatic carbocycles. The van der Waals surface area contributed by atoms with E-state index in [0.29, 0.717) is 11.3 Å². The zero-order valence-electron chi connectivity index (χ0n) is 13.8. The summed E-state index contributed by atoms with van der Waals surface area (Å²) in [5.74, 6) is -0.227. The average molecular weight is 352 g/mol. The topological polar surface area (TPSA) is 66.5 Å². The number of sulfonamides is 1. The van der Waals surface area contributed by atoms with Gasteiger partial charge in [-0.2, -0.15) is 0 Å². The molecule has 0 unspecified atom stereocenters. The molecule has 1 aromatic heterocycles. The number of nitrogens with zero attached hydrogens (tertiary/aromatic N) is 1. The van der Waals surface area contributed by atoms with Gasteiger partial charge in [-0.1, -0.05) is 6.07 Å². The van der Waals surface area contributed by atoms with Crippen LogP contribution >= 0.6 is 11.3 Å². The van der Waals surface area contributed by atoms with Crippen LogP contribution in [0.25, 0.3) is 0 Å². The van der Waals surface area contributed by atoms with Crippen LogP contribution in [0.4, 0.5) is 5.69 Å². The van der Waals surface area contributed by atoms with Crippen LogP contribution in [0.5, 0.6) is 0 Å². The highest BCUT2D eigenvalue weighted by Gasteiger charge is 2.19. The smallest absolute Gasteiger partial charge is 0.256 e. The first-order valence-electron chi connectivity index (χ1n) is 7.04. The molecule has 124 valence electrons. The molecule has 2 rings (SSSR count). The number of nitrogens with one attached hydrogen (secondary N) is 1. The number of carbonyl (C=O) groups excluding carboxylic acids is 1. The van der Waals surface area contributed by atoms with Crippen LogP contribution in [0, 0.1) is 20.8 Å². The molecular weight excluding hydrogens is 332 g/mol. The van der Waals surface area contributed by atoms with E-state index in [4.69, 9.17) is 0 Å². The van der Waals surface area contributed by atoms with Gasteiger partial charge in [0, 0.05) is 29.5 Å². The number of thiophene rings is 1. The quantitative estimate of drug-likeness (QED) is 0.919. The second-order valence-corrected chi connectivity index (χ2v) is 9.16. The number of rotatable bonds is 4. The lowest BCUT2D eigenvalue weighted by atomic mass is 10.2. The van der Waals surface area contributed by atoms with E-state index in [9.17, 15) is 13.2 Å². The Balaban J connectivity index is 2.37. The molecule has 1 aromatic carbocycles. The maximum atomic E-state index is 12.4. The number of carbonyl (C=O) groups is 1. The molecule has 1 heterocycles. The lowest BCUT2D eigenvalue weighted by Gasteiger charge is -2.14. The summed E-state index contributed by atoms with van der Waals surface area (Å²) >= 11 is 1.56. The fourth-order valence-electron chi connectivity index (χ4n) is 2.15. The molecule has 2 aromatic rings. The predicted molar refractivity (Wildman–Crippen MR) is 93.8 cm³/mol. The van der Waals surface area contributed by atoms with Gasteiger partial charge in [-0.25, -0.2) is 12.7 Å². The second-order valence-electron chi connectivity index (χ2n) is 5.55. The van der Waals surface area contributed by atoms with E-state index >= 15 is 0 Å². The summed E-state index contributed by atoms with van der Waals surface area (Å²) in [4.78, 5) is 14.6. The highest BCUT2D eigenvalue weighted by Crippen LogP contribution is 2.25. The molecule has 1 amide bonds. The summed E-state index contributed by atoms with van der Waals surface area (Å²) in [5, 5.41) is 2.82. The van der Waals surface area contributed by atoms with Gasteiger partial charge in [0.15, 0.2) is 0 Å². The lowest BCUT2D eigenvalue weighted by molar-refractivity contribution is 0.102. The Bertz CT molecular complexity index is 852. The van der Waals surface area contributed by atoms with Gasteiger partial charge in [-0.15, -0.1) is 11.3 Å². The van der Waals surface area contributed by atoms with Crippen molar-refractivity contribution in [2.24, 2.45) is 0 Å². The lowest BCUT2D eigenvalue weighted by Crippen LogP contribution is -2.22. The molecule has 0 saturated heterocycles. The van der Waals surface area contributed by atoms with Crippen molar-refractivity contribution in [3.63, 3.8) is 0 Å². The monoisotopic (exact) mass is 352 g/mol. The third kappa shape index (κ3) is 3.63. The fourth-order valence-corrected chi connectivity index (χ4v) is 4.00. The van der Waals surface area contributed by atoms with Crippen LogP contribution in [0.3, 0.4) is 0 Å². The molecule has 0 saturated carbocycles. The molecule has 23 heavy (non-hydrogen) atoms. The summed E-state index contributed by atoms with van der Waals surface area (Å²) in [6, 6.07) is 6.57. The van der Waals surface area contributed by atoms with Gasteiger partial charge in [-0.05, 0) is 44.5 Å². The number of amides is 1. The average Bonchev–Trinajstić information content (AvgIpc) is 2.79. The van der Waals surface area contributed by atoms with Crippen molar-refractivity contribution in [1.82, 2.24) is 4.31 Å². The molecule has 7 heteroatoms. The summed E-state index contributed by atoms with van der Waals surface area (Å²) in [6.45, 7) is 5.67. The van der Waals surface area contributed by atoms with E-state index in [1.165, 1.54) is 20.2 Å². The fraction of sp³-hybridized carbons (Fsp3) is 0.312. The Morgan fingerprint density at radius 1 is 1.13 bits per heavy atom. The van der Waals surface area contributed by atoms with Gasteiger partial charge in [0.25, 0.3) is 5.91 Å². The van der Waals surface area contributed by atoms with Gasteiger partial charge >= 0.3 is 0 Å². The summed E-state index contributed by atoms with van der Waals surface area (Å²) < 4.78 is 25.6. The van der Waals surface area contributed by atoms with Crippen molar-refractivity contribution in [2.75, 3.05) is 19.4 Å². The molecule has 0 aliphatic heterocycles. The second kappa shape index (κ2) is 6.43. The largest absolute Gasteiger partial charge is 0.322 e. The SMILES string of the molecule is Cc1cc(C(=O)Nc2cc(S(=O)(=O)N(C)C)ccc2C)c(C)s1. The maximum absolute atomic E-state index is 12.4. The normalized spacial score (nSPS) is 11.7. The van der Waals surface area contributed by atoms with Crippen molar-refractivity contribution >= 4 is 33.0 Å². The van der Waals surface area contributed by atoms with E-state index in [1.54, 1.807) is 23.5 Å². The van der Waals surface area contributed by atoms with Crippen LogP contribution in [0.1, 0.15) is 25.7 Å². The van der Waals surface area contributed by atoms with Crippen LogP contribution in [0.15, 0.2) is 29.2 Å². The van der Waals surface area contributed by atoms with Crippen molar-refractivity contribution < 1.29 is 13.2 Å². The van der Waals surface area contributed by atoms with Crippen molar-refractivity contribution in [3.05, 3.63) is 45.1 Å². The first-order valence-corrected chi connectivity index (χ1v) is 9.30. The minimum Gasteiger partial charge on any atom is -0.322 e. The molecule has 5 nitrogen and oxygen atoms in total. The Morgan fingerprint density at radius 3 is 2.30 bits per heavy atom. The van der Waals surface area contributed by atoms with Crippen LogP contribution < -0.4 is 5.32 Å². The van der Waals surface area contributed by atoms with E-state index in [0.717, 1.165) is 19.6 Å². The number of anilines is 1. The van der Waals surface area contributed by atoms with Gasteiger partial charge in [0.2, 0.25) is 10.0 Å². The maximum Gasteiger partial charge on any atom is 0.256 e. The van der Waals surface area contributed by atoms with E-state index < -0.39 is 10.0 Å².